The fourth-order valence-corrected chi connectivity index (χ4v) is 7.02. The van der Waals surface area contributed by atoms with Gasteiger partial charge in [-0.15, -0.1) is 0 Å². The van der Waals surface area contributed by atoms with Crippen LogP contribution in [0.3, 0.4) is 0 Å². The van der Waals surface area contributed by atoms with Crippen molar-refractivity contribution in [2.24, 2.45) is 0 Å². The monoisotopic (exact) mass is 678 g/mol. The van der Waals surface area contributed by atoms with Crippen LogP contribution in [0, 0.1) is 0 Å². The molecule has 8 nitrogen and oxygen atoms in total. The molecule has 0 heterocycles. The van der Waals surface area contributed by atoms with Gasteiger partial charge in [-0.3, -0.25) is 0 Å². The molecule has 0 aliphatic carbocycles. The minimum absolute atomic E-state index is 0. The molecule has 2 aromatic carbocycles. The van der Waals surface area contributed by atoms with Crippen LogP contribution in [0.15, 0.2) is 24.3 Å². The normalized spacial score (nSPS) is 15.3. The number of aromatic hydroxyl groups is 2. The molecule has 2 aromatic rings. The molecule has 0 saturated heterocycles. The summed E-state index contributed by atoms with van der Waals surface area (Å²) in [6.07, 6.45) is -0.319. The maximum absolute atomic E-state index is 11.9. The van der Waals surface area contributed by atoms with Crippen molar-refractivity contribution in [2.75, 3.05) is 13.2 Å². The van der Waals surface area contributed by atoms with Crippen LogP contribution in [0.2, 0.25) is 0 Å². The molecule has 0 bridgehead atoms. The average Bonchev–Trinajstić information content (AvgIpc) is 2.78. The van der Waals surface area contributed by atoms with Crippen LogP contribution in [0.5, 0.6) is 11.5 Å². The van der Waals surface area contributed by atoms with E-state index in [0.29, 0.717) is 11.1 Å². The first-order valence-corrected chi connectivity index (χ1v) is 18.6. The number of benzene rings is 2. The Kier molecular flexibility index (Phi) is 15.7. The third-order valence-corrected chi connectivity index (χ3v) is 9.78. The summed E-state index contributed by atoms with van der Waals surface area (Å²) in [5, 5.41) is 21.2. The molecule has 0 saturated carbocycles. The molecule has 2 unspecified atom stereocenters. The van der Waals surface area contributed by atoms with Gasteiger partial charge >= 0.3 is 23.1 Å². The Labute approximate surface area is 288 Å². The van der Waals surface area contributed by atoms with Crippen LogP contribution in [0.1, 0.15) is 130 Å². The Morgan fingerprint density at radius 3 is 0.911 bits per heavy atom. The van der Waals surface area contributed by atoms with E-state index in [2.05, 4.69) is 0 Å². The van der Waals surface area contributed by atoms with Crippen molar-refractivity contribution in [1.82, 2.24) is 0 Å². The topological polar surface area (TPSA) is 139 Å². The van der Waals surface area contributed by atoms with Gasteiger partial charge in [0.25, 0.3) is 0 Å². The van der Waals surface area contributed by atoms with Gasteiger partial charge in [-0.1, -0.05) is 107 Å². The summed E-state index contributed by atoms with van der Waals surface area (Å²) in [4.78, 5) is 23.9. The summed E-state index contributed by atoms with van der Waals surface area (Å²) in [5.41, 5.74) is 3.21. The SMILES string of the molecule is CCOP(=O)([O-])Cc1cc(C(C)(C)C)c(O)c(C(C)(C)C)c1.CCOP(=O)([O-])Cc1cc(C(C)(C)C)c(O)c(C(C)(C)C)c1.[Mg+2]. The second-order valence-electron chi connectivity index (χ2n) is 15.5. The Hall–Kier alpha value is -0.894. The first-order chi connectivity index (χ1) is 19.6. The summed E-state index contributed by atoms with van der Waals surface area (Å²) < 4.78 is 33.6. The van der Waals surface area contributed by atoms with E-state index >= 15 is 0 Å². The summed E-state index contributed by atoms with van der Waals surface area (Å²) in [5.74, 6) is 0.502. The quantitative estimate of drug-likeness (QED) is 0.213. The smallest absolute Gasteiger partial charge is 0.778 e. The molecule has 0 aliphatic heterocycles. The van der Waals surface area contributed by atoms with E-state index in [9.17, 15) is 29.1 Å². The van der Waals surface area contributed by atoms with Gasteiger partial charge in [0.1, 0.15) is 26.7 Å². The van der Waals surface area contributed by atoms with Gasteiger partial charge in [0, 0.05) is 12.3 Å². The molecule has 252 valence electrons. The minimum Gasteiger partial charge on any atom is -0.778 e. The minimum atomic E-state index is -3.91. The van der Waals surface area contributed by atoms with Gasteiger partial charge in [0.2, 0.25) is 0 Å². The van der Waals surface area contributed by atoms with Gasteiger partial charge in [0.05, 0.1) is 13.2 Å². The number of phenols is 2. The molecule has 0 fully saturated rings. The standard InChI is InChI=1S/2C17H29O4P.Mg/c2*1-8-21-22(19,20)11-12-9-13(16(2,3)4)15(18)14(10-12)17(5,6)7;/h2*9-10,18H,8,11H2,1-7H3,(H,19,20);/q;;+2/p-2. The zero-order chi connectivity index (χ0) is 34.7. The van der Waals surface area contributed by atoms with Crippen LogP contribution in [0.25, 0.3) is 0 Å². The van der Waals surface area contributed by atoms with Crippen molar-refractivity contribution in [3.63, 3.8) is 0 Å². The first-order valence-electron chi connectivity index (χ1n) is 15.2. The molecular weight excluding hydrogens is 623 g/mol. The van der Waals surface area contributed by atoms with Crippen molar-refractivity contribution < 1.29 is 38.2 Å². The van der Waals surface area contributed by atoms with Crippen LogP contribution in [-0.2, 0) is 52.2 Å². The largest absolute Gasteiger partial charge is 2.00 e. The Balaban J connectivity index is 0.000000842. The van der Waals surface area contributed by atoms with E-state index in [-0.39, 0.29) is 81.7 Å². The van der Waals surface area contributed by atoms with Crippen LogP contribution in [-0.4, -0.2) is 46.5 Å². The van der Waals surface area contributed by atoms with Crippen molar-refractivity contribution in [1.29, 1.82) is 0 Å². The van der Waals surface area contributed by atoms with E-state index in [4.69, 9.17) is 9.05 Å². The van der Waals surface area contributed by atoms with Gasteiger partial charge < -0.3 is 38.2 Å². The molecule has 0 amide bonds. The summed E-state index contributed by atoms with van der Waals surface area (Å²) >= 11 is 0. The predicted octanol–water partition coefficient (Wildman–Crippen LogP) is 7.77. The van der Waals surface area contributed by atoms with Crippen LogP contribution in [0.4, 0.5) is 0 Å². The van der Waals surface area contributed by atoms with Crippen molar-refractivity contribution in [3.05, 3.63) is 57.6 Å². The first kappa shape index (κ1) is 44.1. The maximum atomic E-state index is 11.9. The third kappa shape index (κ3) is 13.6. The molecular formula is C34H56MgO8P2. The van der Waals surface area contributed by atoms with Gasteiger partial charge in [-0.2, -0.15) is 0 Å². The van der Waals surface area contributed by atoms with E-state index in [0.717, 1.165) is 22.3 Å². The Bertz CT molecular complexity index is 1200. The van der Waals surface area contributed by atoms with E-state index < -0.39 is 15.2 Å². The molecule has 45 heavy (non-hydrogen) atoms. The third-order valence-electron chi connectivity index (χ3n) is 6.98. The molecule has 2 N–H and O–H groups in total. The number of phenolic OH excluding ortho intramolecular Hbond substituents is 2. The molecule has 0 aliphatic rings. The van der Waals surface area contributed by atoms with Gasteiger partial charge in [0.15, 0.2) is 0 Å². The molecule has 0 spiro atoms. The van der Waals surface area contributed by atoms with Crippen molar-refractivity contribution >= 4 is 38.2 Å². The van der Waals surface area contributed by atoms with Gasteiger partial charge in [-0.25, -0.2) is 0 Å². The fraction of sp³-hybridized carbons (Fsp3) is 0.647. The van der Waals surface area contributed by atoms with Crippen molar-refractivity contribution in [2.45, 2.75) is 131 Å². The second kappa shape index (κ2) is 16.0. The summed E-state index contributed by atoms with van der Waals surface area (Å²) in [7, 11) is -7.81. The van der Waals surface area contributed by atoms with Crippen LogP contribution >= 0.6 is 15.2 Å². The zero-order valence-electron chi connectivity index (χ0n) is 30.1. The van der Waals surface area contributed by atoms with E-state index in [1.165, 1.54) is 0 Å². The zero-order valence-corrected chi connectivity index (χ0v) is 33.3. The number of hydrogen-bond acceptors (Lipinski definition) is 8. The fourth-order valence-electron chi connectivity index (χ4n) is 4.79. The Morgan fingerprint density at radius 1 is 0.556 bits per heavy atom. The average molecular weight is 679 g/mol. The molecule has 0 aromatic heterocycles. The molecule has 11 heteroatoms. The van der Waals surface area contributed by atoms with Gasteiger partial charge in [-0.05, 0) is 68.9 Å². The molecule has 2 atom stereocenters. The van der Waals surface area contributed by atoms with Crippen molar-refractivity contribution in [3.8, 4) is 11.5 Å². The Morgan fingerprint density at radius 2 is 0.756 bits per heavy atom. The second-order valence-corrected chi connectivity index (χ2v) is 19.0. The predicted molar refractivity (Wildman–Crippen MR) is 183 cm³/mol. The maximum Gasteiger partial charge on any atom is 2.00 e. The summed E-state index contributed by atoms with van der Waals surface area (Å²) in [6, 6.07) is 7.09. The summed E-state index contributed by atoms with van der Waals surface area (Å²) in [6.45, 7) is 27.6. The van der Waals surface area contributed by atoms with Crippen LogP contribution < -0.4 is 9.79 Å². The van der Waals surface area contributed by atoms with E-state index in [1.54, 1.807) is 38.1 Å². The number of hydrogen-bond donors (Lipinski definition) is 2. The molecule has 2 rings (SSSR count). The number of rotatable bonds is 8. The van der Waals surface area contributed by atoms with E-state index in [1.807, 2.05) is 83.1 Å². The molecule has 0 radical (unpaired) electrons.